The van der Waals surface area contributed by atoms with Crippen molar-refractivity contribution in [3.63, 3.8) is 0 Å². The van der Waals surface area contributed by atoms with Crippen LogP contribution >= 0.6 is 34.7 Å². The molecule has 15 heteroatoms. The van der Waals surface area contributed by atoms with Crippen molar-refractivity contribution in [2.24, 2.45) is 5.92 Å². The third-order valence-electron chi connectivity index (χ3n) is 7.12. The number of hydrogen-bond donors (Lipinski definition) is 1. The van der Waals surface area contributed by atoms with E-state index in [9.17, 15) is 37.7 Å². The number of halogens is 4. The van der Waals surface area contributed by atoms with Crippen molar-refractivity contribution in [2.45, 2.75) is 29.0 Å². The van der Waals surface area contributed by atoms with Gasteiger partial charge in [0.2, 0.25) is 11.8 Å². The van der Waals surface area contributed by atoms with Crippen molar-refractivity contribution < 1.29 is 32.4 Å². The van der Waals surface area contributed by atoms with Crippen molar-refractivity contribution >= 4 is 57.9 Å². The Morgan fingerprint density at radius 3 is 2.44 bits per heavy atom. The van der Waals surface area contributed by atoms with Gasteiger partial charge in [0.05, 0.1) is 27.1 Å². The molecule has 1 aromatic heterocycles. The number of nitrogens with one attached hydrogen (secondary N) is 1. The van der Waals surface area contributed by atoms with Gasteiger partial charge >= 0.3 is 11.0 Å². The highest BCUT2D eigenvalue weighted by Gasteiger charge is 2.58. The maximum Gasteiger partial charge on any atom is 0.418 e. The molecule has 9 nitrogen and oxygen atoms in total. The van der Waals surface area contributed by atoms with E-state index in [1.165, 1.54) is 24.3 Å². The summed E-state index contributed by atoms with van der Waals surface area (Å²) in [7, 11) is 0. The van der Waals surface area contributed by atoms with Crippen molar-refractivity contribution in [1.82, 2.24) is 4.98 Å². The fourth-order valence-electron chi connectivity index (χ4n) is 5.26. The molecule has 220 valence electrons. The number of benzene rings is 3. The molecule has 2 aliphatic heterocycles. The van der Waals surface area contributed by atoms with E-state index in [2.05, 4.69) is 4.98 Å². The number of anilines is 1. The smallest absolute Gasteiger partial charge is 0.418 e. The minimum atomic E-state index is -4.86. The summed E-state index contributed by atoms with van der Waals surface area (Å²) in [5.74, 6) is -4.10. The number of amides is 2. The predicted molar refractivity (Wildman–Crippen MR) is 153 cm³/mol. The van der Waals surface area contributed by atoms with E-state index in [1.807, 2.05) is 0 Å². The van der Waals surface area contributed by atoms with E-state index >= 15 is 0 Å². The number of carbonyl (C=O) groups is 2. The Morgan fingerprint density at radius 1 is 1.02 bits per heavy atom. The van der Waals surface area contributed by atoms with Crippen LogP contribution in [0.5, 0.6) is 5.75 Å². The lowest BCUT2D eigenvalue weighted by Crippen LogP contribution is -2.33. The molecule has 0 saturated carbocycles. The highest BCUT2D eigenvalue weighted by Crippen LogP contribution is 2.55. The Balaban J connectivity index is 1.49. The zero-order valence-corrected chi connectivity index (χ0v) is 23.9. The molecular formula is C28H17ClF3N3O6S2. The second kappa shape index (κ2) is 10.8. The molecule has 6 rings (SSSR count). The van der Waals surface area contributed by atoms with Crippen molar-refractivity contribution in [2.75, 3.05) is 4.90 Å². The van der Waals surface area contributed by atoms with Crippen LogP contribution in [0.4, 0.5) is 24.5 Å². The van der Waals surface area contributed by atoms with Gasteiger partial charge in [0.25, 0.3) is 5.69 Å². The molecule has 1 saturated heterocycles. The second-order valence-corrected chi connectivity index (χ2v) is 12.3. The summed E-state index contributed by atoms with van der Waals surface area (Å²) >= 11 is 7.59. The predicted octanol–water partition coefficient (Wildman–Crippen LogP) is 6.39. The number of H-pyrrole nitrogens is 1. The highest BCUT2D eigenvalue weighted by atomic mass is 35.5. The Morgan fingerprint density at radius 2 is 1.74 bits per heavy atom. The minimum Gasteiger partial charge on any atom is -0.489 e. The number of aromatic nitrogens is 1. The summed E-state index contributed by atoms with van der Waals surface area (Å²) in [6.45, 7) is 0.00569. The first-order valence-electron chi connectivity index (χ1n) is 12.5. The van der Waals surface area contributed by atoms with Crippen LogP contribution in [0.25, 0.3) is 0 Å². The number of imide groups is 1. The van der Waals surface area contributed by atoms with Gasteiger partial charge in [-0.25, -0.2) is 4.90 Å². The van der Waals surface area contributed by atoms with Crippen LogP contribution in [0.2, 0.25) is 5.02 Å². The number of non-ortho nitro benzene ring substituents is 1. The van der Waals surface area contributed by atoms with E-state index in [0.29, 0.717) is 20.4 Å². The maximum absolute atomic E-state index is 14.0. The highest BCUT2D eigenvalue weighted by molar-refractivity contribution is 8.00. The first-order chi connectivity index (χ1) is 20.4. The number of ether oxygens (including phenoxy) is 1. The lowest BCUT2D eigenvalue weighted by atomic mass is 9.82. The van der Waals surface area contributed by atoms with Crippen molar-refractivity contribution in [3.8, 4) is 5.75 Å². The SMILES string of the molecule is O=C1[C@H]2[C@H](c3cc([N+](=O)[O-])ccc3OCc3ccc(Cl)cc3)c3sc(=O)[nH]c3S[C@H]2C(=O)N1c1ccccc1C(F)(F)F. The van der Waals surface area contributed by atoms with Crippen LogP contribution in [0, 0.1) is 16.0 Å². The number of nitro groups is 1. The minimum absolute atomic E-state index is 0.00569. The van der Waals surface area contributed by atoms with Gasteiger partial charge in [-0.2, -0.15) is 13.2 Å². The Hall–Kier alpha value is -4.14. The lowest BCUT2D eigenvalue weighted by molar-refractivity contribution is -0.385. The molecule has 2 aliphatic rings. The molecule has 0 bridgehead atoms. The van der Waals surface area contributed by atoms with Crippen LogP contribution in [0.15, 0.2) is 76.6 Å². The third-order valence-corrected chi connectivity index (χ3v) is 9.77. The van der Waals surface area contributed by atoms with Gasteiger partial charge in [-0.1, -0.05) is 59.0 Å². The van der Waals surface area contributed by atoms with Gasteiger partial charge < -0.3 is 9.72 Å². The zero-order chi connectivity index (χ0) is 30.6. The largest absolute Gasteiger partial charge is 0.489 e. The first-order valence-corrected chi connectivity index (χ1v) is 14.6. The molecule has 2 amide bonds. The molecule has 0 spiro atoms. The number of rotatable bonds is 6. The molecular weight excluding hydrogens is 631 g/mol. The van der Waals surface area contributed by atoms with Crippen LogP contribution in [-0.2, 0) is 22.4 Å². The zero-order valence-electron chi connectivity index (χ0n) is 21.5. The number of fused-ring (bicyclic) bond motifs is 2. The van der Waals surface area contributed by atoms with E-state index in [-0.39, 0.29) is 28.6 Å². The van der Waals surface area contributed by atoms with Gasteiger partial charge in [-0.05, 0) is 35.9 Å². The molecule has 4 aromatic rings. The van der Waals surface area contributed by atoms with Crippen LogP contribution in [-0.4, -0.2) is 27.0 Å². The summed E-state index contributed by atoms with van der Waals surface area (Å²) in [6.07, 6.45) is -4.86. The maximum atomic E-state index is 14.0. The summed E-state index contributed by atoms with van der Waals surface area (Å²) in [5, 5.41) is 11.3. The van der Waals surface area contributed by atoms with Gasteiger partial charge in [0.15, 0.2) is 0 Å². The first kappa shape index (κ1) is 29.0. The molecule has 1 N–H and O–H groups in total. The molecule has 0 radical (unpaired) electrons. The molecule has 3 atom stereocenters. The number of thiazole rings is 1. The Bertz CT molecular complexity index is 1840. The van der Waals surface area contributed by atoms with Gasteiger partial charge in [0.1, 0.15) is 17.6 Å². The number of hydrogen-bond acceptors (Lipinski definition) is 8. The molecule has 0 unspecified atom stereocenters. The van der Waals surface area contributed by atoms with E-state index in [0.717, 1.165) is 41.3 Å². The quantitative estimate of drug-likeness (QED) is 0.146. The standard InChI is InChI=1S/C28H17ClF3N3O6S2/c29-14-7-5-13(6-8-14)12-41-19-10-9-15(35(39)40)11-16(19)20-21-23(42-24-22(20)43-27(38)33-24)26(37)34(25(21)36)18-4-2-1-3-17(18)28(30,31)32/h1-11,20-21,23H,12H2,(H,33,38)/t20-,21-,23+/m0/s1. The normalized spacial score (nSPS) is 19.7. The van der Waals surface area contributed by atoms with Crippen LogP contribution < -0.4 is 14.5 Å². The molecule has 3 heterocycles. The Labute approximate surface area is 253 Å². The molecule has 1 fully saturated rings. The van der Waals surface area contributed by atoms with Gasteiger partial charge in [-0.15, -0.1) is 0 Å². The number of nitro benzene ring substituents is 1. The van der Waals surface area contributed by atoms with Crippen LogP contribution in [0.3, 0.4) is 0 Å². The molecule has 43 heavy (non-hydrogen) atoms. The van der Waals surface area contributed by atoms with E-state index in [4.69, 9.17) is 16.3 Å². The number of carbonyl (C=O) groups excluding carboxylic acids is 2. The van der Waals surface area contributed by atoms with Crippen molar-refractivity contribution in [3.05, 3.63) is 113 Å². The lowest BCUT2D eigenvalue weighted by Gasteiger charge is -2.30. The number of aromatic amines is 1. The fourth-order valence-corrected chi connectivity index (χ4v) is 7.90. The number of thioether (sulfide) groups is 1. The monoisotopic (exact) mass is 647 g/mol. The third kappa shape index (κ3) is 5.19. The summed E-state index contributed by atoms with van der Waals surface area (Å²) in [6, 6.07) is 14.8. The average molecular weight is 648 g/mol. The molecule has 0 aliphatic carbocycles. The van der Waals surface area contributed by atoms with Gasteiger partial charge in [-0.3, -0.25) is 24.5 Å². The Kier molecular flexibility index (Phi) is 7.30. The summed E-state index contributed by atoms with van der Waals surface area (Å²) in [5.41, 5.74) is -1.28. The number of alkyl halides is 3. The summed E-state index contributed by atoms with van der Waals surface area (Å²) in [4.78, 5) is 54.3. The van der Waals surface area contributed by atoms with E-state index < -0.39 is 56.1 Å². The molecule has 3 aromatic carbocycles. The fraction of sp³-hybridized carbons (Fsp3) is 0.179. The van der Waals surface area contributed by atoms with Gasteiger partial charge in [0, 0.05) is 33.5 Å². The summed E-state index contributed by atoms with van der Waals surface area (Å²) < 4.78 is 47.8. The second-order valence-electron chi connectivity index (χ2n) is 9.67. The van der Waals surface area contributed by atoms with Crippen molar-refractivity contribution in [1.29, 1.82) is 0 Å². The van der Waals surface area contributed by atoms with E-state index in [1.54, 1.807) is 24.3 Å². The average Bonchev–Trinajstić information content (AvgIpc) is 3.46. The number of nitrogens with zero attached hydrogens (tertiary/aromatic N) is 2. The van der Waals surface area contributed by atoms with Crippen LogP contribution in [0.1, 0.15) is 27.5 Å². The number of para-hydroxylation sites is 1. The topological polar surface area (TPSA) is 123 Å².